The van der Waals surface area contributed by atoms with Crippen LogP contribution in [0.1, 0.15) is 5.56 Å². The summed E-state index contributed by atoms with van der Waals surface area (Å²) in [5, 5.41) is 4.61. The maximum atomic E-state index is 13.3. The topological polar surface area (TPSA) is 41.1 Å². The highest BCUT2D eigenvalue weighted by Crippen LogP contribution is 2.29. The van der Waals surface area contributed by atoms with Gasteiger partial charge >= 0.3 is 6.18 Å². The number of alkyl halides is 3. The summed E-state index contributed by atoms with van der Waals surface area (Å²) in [6.07, 6.45) is -4.47. The van der Waals surface area contributed by atoms with Gasteiger partial charge in [-0.15, -0.1) is 0 Å². The van der Waals surface area contributed by atoms with Crippen LogP contribution in [0.15, 0.2) is 42.5 Å². The van der Waals surface area contributed by atoms with Crippen LogP contribution in [0.25, 0.3) is 0 Å². The lowest BCUT2D eigenvalue weighted by molar-refractivity contribution is -0.137. The third-order valence-electron chi connectivity index (χ3n) is 2.88. The van der Waals surface area contributed by atoms with E-state index in [0.717, 1.165) is 36.4 Å². The third-order valence-corrected chi connectivity index (χ3v) is 2.88. The molecule has 2 rings (SSSR count). The van der Waals surface area contributed by atoms with E-state index >= 15 is 0 Å². The number of benzene rings is 2. The largest absolute Gasteiger partial charge is 0.416 e. The molecule has 0 unspecified atom stereocenters. The van der Waals surface area contributed by atoms with Crippen LogP contribution >= 0.6 is 0 Å². The zero-order chi connectivity index (χ0) is 17.0. The smallest absolute Gasteiger partial charge is 0.371 e. The number of nitrogens with one attached hydrogen (secondary N) is 2. The highest BCUT2D eigenvalue weighted by Gasteiger charge is 2.29. The second kappa shape index (κ2) is 6.64. The van der Waals surface area contributed by atoms with E-state index in [1.165, 1.54) is 6.07 Å². The summed E-state index contributed by atoms with van der Waals surface area (Å²) in [6.45, 7) is -0.446. The van der Waals surface area contributed by atoms with Crippen molar-refractivity contribution < 1.29 is 26.7 Å². The minimum Gasteiger partial charge on any atom is -0.371 e. The van der Waals surface area contributed by atoms with Gasteiger partial charge in [-0.05, 0) is 36.4 Å². The summed E-state index contributed by atoms with van der Waals surface area (Å²) < 4.78 is 63.9. The fourth-order valence-corrected chi connectivity index (χ4v) is 1.78. The zero-order valence-corrected chi connectivity index (χ0v) is 11.5. The molecule has 122 valence electrons. The monoisotopic (exact) mass is 330 g/mol. The molecule has 0 radical (unpaired) electrons. The number of carbonyl (C=O) groups is 1. The Hall–Kier alpha value is -2.64. The molecule has 1 amide bonds. The van der Waals surface area contributed by atoms with Gasteiger partial charge < -0.3 is 10.6 Å². The maximum absolute atomic E-state index is 13.3. The first kappa shape index (κ1) is 16.7. The fraction of sp³-hybridized carbons (Fsp3) is 0.133. The summed E-state index contributed by atoms with van der Waals surface area (Å²) in [7, 11) is 0. The van der Waals surface area contributed by atoms with E-state index in [-0.39, 0.29) is 5.69 Å². The van der Waals surface area contributed by atoms with Crippen LogP contribution in [0.3, 0.4) is 0 Å². The number of para-hydroxylation sites is 1. The summed E-state index contributed by atoms with van der Waals surface area (Å²) in [6, 6.07) is 7.05. The van der Waals surface area contributed by atoms with Crippen LogP contribution in [0.2, 0.25) is 0 Å². The maximum Gasteiger partial charge on any atom is 0.416 e. The molecule has 0 spiro atoms. The second-order valence-electron chi connectivity index (χ2n) is 4.57. The predicted octanol–water partition coefficient (Wildman–Crippen LogP) is 4.03. The Morgan fingerprint density at radius 3 is 2.04 bits per heavy atom. The van der Waals surface area contributed by atoms with Crippen molar-refractivity contribution in [2.24, 2.45) is 0 Å². The lowest BCUT2D eigenvalue weighted by Crippen LogP contribution is -2.22. The molecular formula is C15H11F5N2O. The molecular weight excluding hydrogens is 319 g/mol. The molecule has 23 heavy (non-hydrogen) atoms. The molecule has 2 aromatic rings. The number of rotatable bonds is 4. The van der Waals surface area contributed by atoms with Gasteiger partial charge in [0.05, 0.1) is 12.1 Å². The lowest BCUT2D eigenvalue weighted by Gasteiger charge is -2.10. The average molecular weight is 330 g/mol. The average Bonchev–Trinajstić information content (AvgIpc) is 2.46. The van der Waals surface area contributed by atoms with E-state index in [2.05, 4.69) is 10.6 Å². The zero-order valence-electron chi connectivity index (χ0n) is 11.5. The first-order valence-corrected chi connectivity index (χ1v) is 6.42. The van der Waals surface area contributed by atoms with Gasteiger partial charge in [-0.1, -0.05) is 6.07 Å². The van der Waals surface area contributed by atoms with Gasteiger partial charge in [-0.25, -0.2) is 8.78 Å². The standard InChI is InChI=1S/C15H11F5N2O/c16-11-2-1-3-12(17)14(11)21-8-13(23)22-10-6-4-9(5-7-10)15(18,19)20/h1-7,21H,8H2,(H,22,23). The second-order valence-corrected chi connectivity index (χ2v) is 4.57. The number of carbonyl (C=O) groups excluding carboxylic acids is 1. The van der Waals surface area contributed by atoms with Crippen LogP contribution < -0.4 is 10.6 Å². The number of anilines is 2. The van der Waals surface area contributed by atoms with Gasteiger partial charge in [0.25, 0.3) is 0 Å². The van der Waals surface area contributed by atoms with Crippen LogP contribution in [0.5, 0.6) is 0 Å². The van der Waals surface area contributed by atoms with Gasteiger partial charge in [0, 0.05) is 5.69 Å². The van der Waals surface area contributed by atoms with E-state index in [0.29, 0.717) is 0 Å². The molecule has 0 aliphatic rings. The summed E-state index contributed by atoms with van der Waals surface area (Å²) in [5.41, 5.74) is -1.16. The van der Waals surface area contributed by atoms with E-state index in [4.69, 9.17) is 0 Å². The van der Waals surface area contributed by atoms with Crippen LogP contribution in [-0.2, 0) is 11.0 Å². The molecule has 0 bridgehead atoms. The van der Waals surface area contributed by atoms with Crippen LogP contribution in [0.4, 0.5) is 33.3 Å². The summed E-state index contributed by atoms with van der Waals surface area (Å²) in [5.74, 6) is -2.37. The molecule has 2 N–H and O–H groups in total. The molecule has 0 aliphatic carbocycles. The number of amides is 1. The first-order valence-electron chi connectivity index (χ1n) is 6.42. The quantitative estimate of drug-likeness (QED) is 0.831. The molecule has 3 nitrogen and oxygen atoms in total. The summed E-state index contributed by atoms with van der Waals surface area (Å²) >= 11 is 0. The molecule has 0 atom stereocenters. The van der Waals surface area contributed by atoms with Crippen LogP contribution in [-0.4, -0.2) is 12.5 Å². The van der Waals surface area contributed by atoms with Gasteiger partial charge in [0.2, 0.25) is 5.91 Å². The van der Waals surface area contributed by atoms with Crippen molar-refractivity contribution in [1.82, 2.24) is 0 Å². The molecule has 0 saturated heterocycles. The predicted molar refractivity (Wildman–Crippen MR) is 74.9 cm³/mol. The first-order chi connectivity index (χ1) is 10.8. The minimum atomic E-state index is -4.47. The van der Waals surface area contributed by atoms with Crippen molar-refractivity contribution >= 4 is 17.3 Å². The van der Waals surface area contributed by atoms with E-state index in [1.807, 2.05) is 0 Å². The molecule has 0 saturated carbocycles. The Kier molecular flexibility index (Phi) is 4.83. The molecule has 2 aromatic carbocycles. The molecule has 0 heterocycles. The Morgan fingerprint density at radius 1 is 0.957 bits per heavy atom. The minimum absolute atomic E-state index is 0.138. The van der Waals surface area contributed by atoms with Gasteiger partial charge in [-0.2, -0.15) is 13.2 Å². The van der Waals surface area contributed by atoms with Crippen molar-refractivity contribution in [3.05, 3.63) is 59.7 Å². The van der Waals surface area contributed by atoms with Crippen molar-refractivity contribution in [3.63, 3.8) is 0 Å². The van der Waals surface area contributed by atoms with Gasteiger partial charge in [0.1, 0.15) is 17.3 Å². The Labute approximate surface area is 128 Å². The molecule has 0 aliphatic heterocycles. The number of halogens is 5. The van der Waals surface area contributed by atoms with Gasteiger partial charge in [-0.3, -0.25) is 4.79 Å². The normalized spacial score (nSPS) is 11.2. The highest BCUT2D eigenvalue weighted by atomic mass is 19.4. The van der Waals surface area contributed by atoms with E-state index in [9.17, 15) is 26.7 Å². The van der Waals surface area contributed by atoms with Gasteiger partial charge in [0.15, 0.2) is 0 Å². The molecule has 8 heteroatoms. The van der Waals surface area contributed by atoms with E-state index < -0.39 is 41.5 Å². The lowest BCUT2D eigenvalue weighted by atomic mass is 10.2. The highest BCUT2D eigenvalue weighted by molar-refractivity contribution is 5.93. The number of hydrogen-bond donors (Lipinski definition) is 2. The Morgan fingerprint density at radius 2 is 1.52 bits per heavy atom. The van der Waals surface area contributed by atoms with E-state index in [1.54, 1.807) is 0 Å². The third kappa shape index (κ3) is 4.41. The van der Waals surface area contributed by atoms with Crippen molar-refractivity contribution in [1.29, 1.82) is 0 Å². The molecule has 0 aromatic heterocycles. The number of hydrogen-bond acceptors (Lipinski definition) is 2. The SMILES string of the molecule is O=C(CNc1c(F)cccc1F)Nc1ccc(C(F)(F)F)cc1. The Balaban J connectivity index is 1.95. The summed E-state index contributed by atoms with van der Waals surface area (Å²) in [4.78, 5) is 11.6. The van der Waals surface area contributed by atoms with Crippen molar-refractivity contribution in [2.75, 3.05) is 17.2 Å². The Bertz CT molecular complexity index is 678. The fourth-order valence-electron chi connectivity index (χ4n) is 1.78. The van der Waals surface area contributed by atoms with Crippen molar-refractivity contribution in [2.45, 2.75) is 6.18 Å². The van der Waals surface area contributed by atoms with Crippen molar-refractivity contribution in [3.8, 4) is 0 Å². The van der Waals surface area contributed by atoms with Crippen LogP contribution in [0, 0.1) is 11.6 Å². The molecule has 0 fully saturated rings.